The van der Waals surface area contributed by atoms with E-state index in [9.17, 15) is 23.3 Å². The van der Waals surface area contributed by atoms with Crippen LogP contribution in [0.3, 0.4) is 0 Å². The van der Waals surface area contributed by atoms with Gasteiger partial charge in [0, 0.05) is 113 Å². The van der Waals surface area contributed by atoms with Crippen molar-refractivity contribution in [3.63, 3.8) is 0 Å². The standard InChI is InChI=1S/C57H71N9O10S/c1-37(2)75-52-6-4-3-5-44(52)51-35-63(40-14-26-73-27-15-40)22-23-64(51)42-32-57(33-42)17-20-62(21-18-57)41-7-9-45(48(30-41)65-47-16-28-74-36-53(47)76-56-50(65)29-39-11-19-58-54(39)60-56)55(67)61-77(70,71)43-8-10-46(49(31-43)66(68)69)59-34-38-12-24-72-25-13-38/h3-11,19,29-31,37-38,40,42,47,51,53,59H,12-18,20-28,32-36H2,1-2H3,(H,58,60)(H,61,67)/t47-,51+,53-/m0/s1. The zero-order valence-corrected chi connectivity index (χ0v) is 44.9. The Kier molecular flexibility index (Phi) is 14.5. The summed E-state index contributed by atoms with van der Waals surface area (Å²) < 4.78 is 60.9. The van der Waals surface area contributed by atoms with Gasteiger partial charge in [0.05, 0.1) is 45.9 Å². The van der Waals surface area contributed by atoms with Crippen molar-refractivity contribution < 1.29 is 41.8 Å². The first-order chi connectivity index (χ1) is 37.4. The minimum atomic E-state index is -4.61. The number of anilines is 4. The zero-order valence-electron chi connectivity index (χ0n) is 44.1. The van der Waals surface area contributed by atoms with E-state index in [1.165, 1.54) is 17.7 Å². The van der Waals surface area contributed by atoms with E-state index in [0.29, 0.717) is 74.4 Å². The molecule has 6 aliphatic heterocycles. The van der Waals surface area contributed by atoms with Crippen LogP contribution in [0.1, 0.15) is 93.6 Å². The Balaban J connectivity index is 0.810. The minimum Gasteiger partial charge on any atom is -0.491 e. The van der Waals surface area contributed by atoms with Crippen molar-refractivity contribution >= 4 is 55.4 Å². The van der Waals surface area contributed by atoms with Crippen LogP contribution >= 0.6 is 0 Å². The second kappa shape index (κ2) is 21.7. The maximum Gasteiger partial charge on any atom is 0.293 e. The molecule has 77 heavy (non-hydrogen) atoms. The SMILES string of the molecule is CC(C)Oc1ccccc1[C@H]1CN(C2CCOCC2)CCN1C1CC2(CCN(c3ccc(C(=O)NS(=O)(=O)c4ccc(NCC5CCOCC5)c([N+](=O)[O-])c4)c(N4c5cc6cc[nH]c6nc5O[C@H]5COCC[C@@H]54)c3)CC2)C1. The first-order valence-electron chi connectivity index (χ1n) is 27.8. The number of piperazine rings is 1. The van der Waals surface area contributed by atoms with Gasteiger partial charge in [-0.15, -0.1) is 0 Å². The Morgan fingerprint density at radius 1 is 0.883 bits per heavy atom. The van der Waals surface area contributed by atoms with Gasteiger partial charge in [-0.05, 0) is 131 Å². The monoisotopic (exact) mass is 1070 g/mol. The van der Waals surface area contributed by atoms with Crippen LogP contribution in [-0.2, 0) is 24.2 Å². The van der Waals surface area contributed by atoms with E-state index in [4.69, 9.17) is 28.7 Å². The van der Waals surface area contributed by atoms with Crippen LogP contribution in [0.2, 0.25) is 0 Å². The number of para-hydroxylation sites is 1. The number of hydrogen-bond donors (Lipinski definition) is 3. The molecule has 19 nitrogen and oxygen atoms in total. The molecule has 3 atom stereocenters. The van der Waals surface area contributed by atoms with E-state index in [1.54, 1.807) is 6.07 Å². The summed E-state index contributed by atoms with van der Waals surface area (Å²) >= 11 is 0. The molecule has 6 fully saturated rings. The molecule has 12 rings (SSSR count). The minimum absolute atomic E-state index is 0.0749. The number of carbonyl (C=O) groups is 1. The second-order valence-corrected chi connectivity index (χ2v) is 24.2. The molecule has 1 amide bonds. The average Bonchev–Trinajstić information content (AvgIpc) is 3.92. The van der Waals surface area contributed by atoms with E-state index in [2.05, 4.69) is 72.7 Å². The zero-order chi connectivity index (χ0) is 52.8. The predicted molar refractivity (Wildman–Crippen MR) is 292 cm³/mol. The summed E-state index contributed by atoms with van der Waals surface area (Å²) in [5.74, 6) is 0.746. The van der Waals surface area contributed by atoms with Gasteiger partial charge in [-0.1, -0.05) is 18.2 Å². The Bertz CT molecular complexity index is 3070. The highest BCUT2D eigenvalue weighted by molar-refractivity contribution is 7.90. The summed E-state index contributed by atoms with van der Waals surface area (Å²) in [6, 6.07) is 22.8. The summed E-state index contributed by atoms with van der Waals surface area (Å²) in [4.78, 5) is 44.2. The van der Waals surface area contributed by atoms with Gasteiger partial charge in [0.25, 0.3) is 21.6 Å². The third-order valence-electron chi connectivity index (χ3n) is 17.5. The van der Waals surface area contributed by atoms with Gasteiger partial charge < -0.3 is 43.8 Å². The van der Waals surface area contributed by atoms with Crippen LogP contribution in [0.5, 0.6) is 11.6 Å². The summed E-state index contributed by atoms with van der Waals surface area (Å²) in [7, 11) is -4.61. The largest absolute Gasteiger partial charge is 0.491 e. The van der Waals surface area contributed by atoms with Crippen LogP contribution in [0, 0.1) is 21.4 Å². The number of aromatic amines is 1. The highest BCUT2D eigenvalue weighted by atomic mass is 32.2. The van der Waals surface area contributed by atoms with Gasteiger partial charge in [0.2, 0.25) is 5.88 Å². The number of pyridine rings is 1. The molecule has 3 N–H and O–H groups in total. The number of nitro groups is 1. The molecule has 410 valence electrons. The molecule has 7 aliphatic rings. The van der Waals surface area contributed by atoms with E-state index in [-0.39, 0.29) is 40.8 Å². The summed E-state index contributed by atoms with van der Waals surface area (Å²) in [5.41, 5.74) is 4.14. The fraction of sp³-hybridized carbons (Fsp3) is 0.544. The number of piperidine rings is 1. The van der Waals surface area contributed by atoms with Crippen molar-refractivity contribution in [1.29, 1.82) is 0 Å². The lowest BCUT2D eigenvalue weighted by molar-refractivity contribution is -0.384. The van der Waals surface area contributed by atoms with Crippen molar-refractivity contribution in [2.45, 2.75) is 113 Å². The molecule has 20 heteroatoms. The average molecular weight is 1070 g/mol. The lowest BCUT2D eigenvalue weighted by Crippen LogP contribution is -2.61. The highest BCUT2D eigenvalue weighted by Crippen LogP contribution is 2.54. The van der Waals surface area contributed by atoms with Crippen molar-refractivity contribution in [2.24, 2.45) is 11.3 Å². The first-order valence-corrected chi connectivity index (χ1v) is 29.3. The number of ether oxygens (including phenoxy) is 5. The van der Waals surface area contributed by atoms with Gasteiger partial charge in [-0.2, -0.15) is 4.98 Å². The topological polar surface area (TPSA) is 206 Å². The molecule has 0 bridgehead atoms. The number of nitrogens with one attached hydrogen (secondary N) is 3. The van der Waals surface area contributed by atoms with Crippen LogP contribution in [0.25, 0.3) is 11.0 Å². The van der Waals surface area contributed by atoms with Gasteiger partial charge in [0.1, 0.15) is 28.9 Å². The summed E-state index contributed by atoms with van der Waals surface area (Å²) in [5, 5.41) is 16.4. The molecule has 0 unspecified atom stereocenters. The Hall–Kier alpha value is -6.03. The molecule has 8 heterocycles. The van der Waals surface area contributed by atoms with Crippen LogP contribution in [0.4, 0.5) is 28.4 Å². The molecule has 2 aromatic heterocycles. The predicted octanol–water partition coefficient (Wildman–Crippen LogP) is 8.19. The number of nitro benzene ring substituents is 1. The third kappa shape index (κ3) is 10.6. The van der Waals surface area contributed by atoms with Crippen molar-refractivity contribution in [3.8, 4) is 11.6 Å². The lowest BCUT2D eigenvalue weighted by atomic mass is 9.59. The summed E-state index contributed by atoms with van der Waals surface area (Å²) in [6.45, 7) is 13.0. The normalized spacial score (nSPS) is 23.8. The highest BCUT2D eigenvalue weighted by Gasteiger charge is 2.51. The number of benzene rings is 3. The van der Waals surface area contributed by atoms with E-state index >= 15 is 0 Å². The van der Waals surface area contributed by atoms with Crippen LogP contribution < -0.4 is 29.3 Å². The van der Waals surface area contributed by atoms with E-state index in [0.717, 1.165) is 120 Å². The number of rotatable bonds is 14. The number of carbonyl (C=O) groups excluding carboxylic acids is 1. The summed E-state index contributed by atoms with van der Waals surface area (Å²) in [6.07, 6.45) is 10.1. The van der Waals surface area contributed by atoms with E-state index in [1.807, 2.05) is 30.5 Å². The lowest BCUT2D eigenvalue weighted by Gasteiger charge is -2.59. The molecular formula is C57H71N9O10S. The van der Waals surface area contributed by atoms with Gasteiger partial charge >= 0.3 is 0 Å². The Labute approximate surface area is 450 Å². The number of sulfonamides is 1. The smallest absolute Gasteiger partial charge is 0.293 e. The third-order valence-corrected chi connectivity index (χ3v) is 18.8. The fourth-order valence-corrected chi connectivity index (χ4v) is 14.3. The fourth-order valence-electron chi connectivity index (χ4n) is 13.3. The number of nitrogens with zero attached hydrogens (tertiary/aromatic N) is 6. The quantitative estimate of drug-likeness (QED) is 0.0708. The van der Waals surface area contributed by atoms with E-state index < -0.39 is 37.5 Å². The number of hydrogen-bond acceptors (Lipinski definition) is 16. The molecular weight excluding hydrogens is 1000 g/mol. The van der Waals surface area contributed by atoms with Crippen LogP contribution in [0.15, 0.2) is 83.9 Å². The second-order valence-electron chi connectivity index (χ2n) is 22.5. The molecule has 0 radical (unpaired) electrons. The number of aromatic nitrogens is 2. The number of fused-ring (bicyclic) bond motifs is 3. The number of H-pyrrole nitrogens is 1. The Morgan fingerprint density at radius 3 is 2.43 bits per heavy atom. The molecule has 5 saturated heterocycles. The first kappa shape index (κ1) is 51.7. The van der Waals surface area contributed by atoms with Crippen LogP contribution in [-0.4, -0.2) is 148 Å². The molecule has 5 aromatic rings. The Morgan fingerprint density at radius 2 is 1.65 bits per heavy atom. The van der Waals surface area contributed by atoms with Gasteiger partial charge in [-0.3, -0.25) is 24.7 Å². The number of amides is 1. The molecule has 1 aliphatic carbocycles. The van der Waals surface area contributed by atoms with Gasteiger partial charge in [0.15, 0.2) is 0 Å². The van der Waals surface area contributed by atoms with Crippen molar-refractivity contribution in [2.75, 3.05) is 94.0 Å². The van der Waals surface area contributed by atoms with Crippen molar-refractivity contribution in [3.05, 3.63) is 100 Å². The maximum absolute atomic E-state index is 14.8. The molecule has 3 aromatic carbocycles. The maximum atomic E-state index is 14.8. The van der Waals surface area contributed by atoms with Gasteiger partial charge in [-0.25, -0.2) is 13.1 Å². The molecule has 1 saturated carbocycles. The van der Waals surface area contributed by atoms with Crippen molar-refractivity contribution in [1.82, 2.24) is 24.5 Å². The molecule has 1 spiro atoms.